The largest absolute Gasteiger partial charge is 0.345 e. The Hall–Kier alpha value is -2.34. The highest BCUT2D eigenvalue weighted by Crippen LogP contribution is 2.30. The number of nitrogens with zero attached hydrogens (tertiary/aromatic N) is 2. The number of amides is 2. The van der Waals surface area contributed by atoms with E-state index in [9.17, 15) is 9.59 Å². The van der Waals surface area contributed by atoms with Crippen LogP contribution in [0.2, 0.25) is 5.02 Å². The first kappa shape index (κ1) is 18.5. The van der Waals surface area contributed by atoms with Crippen molar-refractivity contribution in [3.63, 3.8) is 0 Å². The van der Waals surface area contributed by atoms with Crippen LogP contribution in [0, 0.1) is 12.8 Å². The number of benzene rings is 1. The number of hydrogen-bond acceptors (Lipinski definition) is 3. The summed E-state index contributed by atoms with van der Waals surface area (Å²) < 4.78 is 1.70. The Morgan fingerprint density at radius 1 is 1.31 bits per heavy atom. The van der Waals surface area contributed by atoms with Gasteiger partial charge in [-0.2, -0.15) is 0 Å². The molecule has 1 aliphatic rings. The van der Waals surface area contributed by atoms with Crippen LogP contribution in [0.3, 0.4) is 0 Å². The lowest BCUT2D eigenvalue weighted by Crippen LogP contribution is -2.44. The molecule has 1 aromatic heterocycles. The summed E-state index contributed by atoms with van der Waals surface area (Å²) in [7, 11) is 0. The van der Waals surface area contributed by atoms with E-state index in [4.69, 9.17) is 11.6 Å². The maximum atomic E-state index is 12.7. The molecule has 1 heterocycles. The molecule has 2 aromatic rings. The summed E-state index contributed by atoms with van der Waals surface area (Å²) in [5, 5.41) is 10.7. The van der Waals surface area contributed by atoms with Gasteiger partial charge in [0.25, 0.3) is 0 Å². The fourth-order valence-electron chi connectivity index (χ4n) is 3.05. The molecule has 1 aromatic carbocycles. The lowest BCUT2D eigenvalue weighted by molar-refractivity contribution is -0.125. The van der Waals surface area contributed by atoms with Crippen LogP contribution in [0.1, 0.15) is 38.2 Å². The number of hydrogen-bond donors (Lipinski definition) is 2. The van der Waals surface area contributed by atoms with Crippen LogP contribution in [0.5, 0.6) is 0 Å². The Morgan fingerprint density at radius 3 is 2.58 bits per heavy atom. The topological polar surface area (TPSA) is 76.0 Å². The second-order valence-corrected chi connectivity index (χ2v) is 7.29. The van der Waals surface area contributed by atoms with Crippen LogP contribution in [0.25, 0.3) is 5.69 Å². The molecule has 1 fully saturated rings. The van der Waals surface area contributed by atoms with E-state index in [0.717, 1.165) is 24.1 Å². The summed E-state index contributed by atoms with van der Waals surface area (Å²) in [5.74, 6) is 0.573. The maximum absolute atomic E-state index is 12.7. The third-order valence-electron chi connectivity index (χ3n) is 4.72. The highest BCUT2D eigenvalue weighted by atomic mass is 35.5. The number of rotatable bonds is 6. The predicted molar refractivity (Wildman–Crippen MR) is 102 cm³/mol. The molecule has 1 saturated carbocycles. The van der Waals surface area contributed by atoms with Gasteiger partial charge in [-0.15, -0.1) is 5.10 Å². The molecule has 0 unspecified atom stereocenters. The zero-order valence-corrected chi connectivity index (χ0v) is 15.7. The number of carbonyl (C=O) groups excluding carboxylic acids is 2. The summed E-state index contributed by atoms with van der Waals surface area (Å²) in [5.41, 5.74) is 1.70. The monoisotopic (exact) mass is 374 g/mol. The van der Waals surface area contributed by atoms with Crippen molar-refractivity contribution in [2.24, 2.45) is 5.92 Å². The number of nitrogens with one attached hydrogen (secondary N) is 2. The van der Waals surface area contributed by atoms with Crippen molar-refractivity contribution in [3.8, 4) is 5.69 Å². The van der Waals surface area contributed by atoms with Crippen molar-refractivity contribution in [3.05, 3.63) is 41.0 Å². The Labute approximate surface area is 157 Å². The molecule has 0 saturated heterocycles. The van der Waals surface area contributed by atoms with Gasteiger partial charge in [-0.05, 0) is 43.5 Å². The molecule has 0 spiro atoms. The molecule has 138 valence electrons. The van der Waals surface area contributed by atoms with Gasteiger partial charge < -0.3 is 10.6 Å². The highest BCUT2D eigenvalue weighted by molar-refractivity contribution is 6.30. The van der Waals surface area contributed by atoms with E-state index in [1.54, 1.807) is 16.8 Å². The summed E-state index contributed by atoms with van der Waals surface area (Å²) in [4.78, 5) is 24.1. The molecule has 0 aliphatic heterocycles. The van der Waals surface area contributed by atoms with Crippen LogP contribution >= 0.6 is 11.6 Å². The first-order valence-corrected chi connectivity index (χ1v) is 9.20. The van der Waals surface area contributed by atoms with Gasteiger partial charge in [0, 0.05) is 23.7 Å². The Kier molecular flexibility index (Phi) is 5.61. The normalized spacial score (nSPS) is 15.2. The Morgan fingerprint density at radius 2 is 2.00 bits per heavy atom. The molecule has 6 nitrogen and oxygen atoms in total. The first-order valence-electron chi connectivity index (χ1n) is 8.82. The second kappa shape index (κ2) is 7.91. The zero-order chi connectivity index (χ0) is 18.7. The van der Waals surface area contributed by atoms with Gasteiger partial charge in [-0.3, -0.25) is 9.59 Å². The van der Waals surface area contributed by atoms with Gasteiger partial charge in [-0.1, -0.05) is 30.9 Å². The average molecular weight is 375 g/mol. The molecule has 7 heteroatoms. The van der Waals surface area contributed by atoms with Gasteiger partial charge in [0.2, 0.25) is 11.8 Å². The number of aromatic nitrogens is 2. The van der Waals surface area contributed by atoms with Gasteiger partial charge in [-0.25, -0.2) is 4.68 Å². The van der Waals surface area contributed by atoms with Crippen molar-refractivity contribution in [2.75, 3.05) is 5.32 Å². The van der Waals surface area contributed by atoms with Gasteiger partial charge in [0.1, 0.15) is 6.04 Å². The standard InChI is InChI=1S/C19H23ClN4O2/c1-12-11-24(16-8-6-15(20)7-9-16)23-18(12)22-19(26)17(21-13(2)25)10-14-4-3-5-14/h6-9,11,14,17H,3-5,10H2,1-2H3,(H,21,25)(H,22,23,26)/t17-/m1/s1. The molecule has 2 N–H and O–H groups in total. The third kappa shape index (κ3) is 4.43. The van der Waals surface area contributed by atoms with E-state index in [0.29, 0.717) is 23.2 Å². The number of halogens is 1. The van der Waals surface area contributed by atoms with E-state index < -0.39 is 6.04 Å². The summed E-state index contributed by atoms with van der Waals surface area (Å²) in [6, 6.07) is 6.77. The minimum absolute atomic E-state index is 0.201. The van der Waals surface area contributed by atoms with E-state index in [1.807, 2.05) is 25.3 Å². The number of aryl methyl sites for hydroxylation is 1. The summed E-state index contributed by atoms with van der Waals surface area (Å²) >= 11 is 5.92. The fraction of sp³-hybridized carbons (Fsp3) is 0.421. The molecule has 26 heavy (non-hydrogen) atoms. The van der Waals surface area contributed by atoms with Crippen LogP contribution in [0.4, 0.5) is 5.82 Å². The van der Waals surface area contributed by atoms with Crippen LogP contribution < -0.4 is 10.6 Å². The van der Waals surface area contributed by atoms with E-state index in [-0.39, 0.29) is 11.8 Å². The highest BCUT2D eigenvalue weighted by Gasteiger charge is 2.28. The number of anilines is 1. The minimum atomic E-state index is -0.530. The maximum Gasteiger partial charge on any atom is 0.248 e. The van der Waals surface area contributed by atoms with E-state index >= 15 is 0 Å². The molecule has 0 bridgehead atoms. The Balaban J connectivity index is 1.72. The zero-order valence-electron chi connectivity index (χ0n) is 15.0. The lowest BCUT2D eigenvalue weighted by Gasteiger charge is -2.29. The van der Waals surface area contributed by atoms with Crippen molar-refractivity contribution in [1.82, 2.24) is 15.1 Å². The van der Waals surface area contributed by atoms with Crippen molar-refractivity contribution < 1.29 is 9.59 Å². The van der Waals surface area contributed by atoms with Crippen molar-refractivity contribution >= 4 is 29.2 Å². The lowest BCUT2D eigenvalue weighted by atomic mass is 9.80. The average Bonchev–Trinajstić information content (AvgIpc) is 2.90. The second-order valence-electron chi connectivity index (χ2n) is 6.86. The Bertz CT molecular complexity index is 796. The first-order chi connectivity index (χ1) is 12.4. The van der Waals surface area contributed by atoms with Gasteiger partial charge in [0.15, 0.2) is 5.82 Å². The smallest absolute Gasteiger partial charge is 0.248 e. The predicted octanol–water partition coefficient (Wildman–Crippen LogP) is 3.47. The number of carbonyl (C=O) groups is 2. The van der Waals surface area contributed by atoms with E-state index in [2.05, 4.69) is 15.7 Å². The fourth-order valence-corrected chi connectivity index (χ4v) is 3.18. The van der Waals surface area contributed by atoms with Crippen molar-refractivity contribution in [1.29, 1.82) is 0 Å². The third-order valence-corrected chi connectivity index (χ3v) is 4.97. The molecule has 1 aliphatic carbocycles. The van der Waals surface area contributed by atoms with Gasteiger partial charge >= 0.3 is 0 Å². The summed E-state index contributed by atoms with van der Waals surface area (Å²) in [6.07, 6.45) is 5.95. The minimum Gasteiger partial charge on any atom is -0.345 e. The SMILES string of the molecule is CC(=O)N[C@H](CC1CCC1)C(=O)Nc1nn(-c2ccc(Cl)cc2)cc1C. The molecular weight excluding hydrogens is 352 g/mol. The molecular formula is C19H23ClN4O2. The van der Waals surface area contributed by atoms with Crippen LogP contribution in [0.15, 0.2) is 30.5 Å². The van der Waals surface area contributed by atoms with Crippen LogP contribution in [-0.2, 0) is 9.59 Å². The molecule has 1 atom stereocenters. The molecule has 0 radical (unpaired) electrons. The quantitative estimate of drug-likeness (QED) is 0.812. The molecule has 3 rings (SSSR count). The molecule has 2 amide bonds. The summed E-state index contributed by atoms with van der Waals surface area (Å²) in [6.45, 7) is 3.32. The van der Waals surface area contributed by atoms with E-state index in [1.165, 1.54) is 13.3 Å². The van der Waals surface area contributed by atoms with Crippen LogP contribution in [-0.4, -0.2) is 27.6 Å². The van der Waals surface area contributed by atoms with Gasteiger partial charge in [0.05, 0.1) is 5.69 Å². The van der Waals surface area contributed by atoms with Crippen molar-refractivity contribution in [2.45, 2.75) is 45.6 Å².